The highest BCUT2D eigenvalue weighted by atomic mass is 32.1. The van der Waals surface area contributed by atoms with Crippen LogP contribution in [0.1, 0.15) is 48.3 Å². The molecule has 102 valence electrons. The molecule has 0 radical (unpaired) electrons. The van der Waals surface area contributed by atoms with Crippen LogP contribution in [0.5, 0.6) is 0 Å². The van der Waals surface area contributed by atoms with Crippen LogP contribution >= 0.6 is 11.3 Å². The monoisotopic (exact) mass is 267 g/mol. The molecule has 3 unspecified atom stereocenters. The molecule has 18 heavy (non-hydrogen) atoms. The van der Waals surface area contributed by atoms with Gasteiger partial charge in [-0.05, 0) is 33.1 Å². The van der Waals surface area contributed by atoms with E-state index in [1.165, 1.54) is 22.0 Å². The third-order valence-electron chi connectivity index (χ3n) is 4.22. The van der Waals surface area contributed by atoms with Gasteiger partial charge in [0.15, 0.2) is 0 Å². The van der Waals surface area contributed by atoms with Crippen molar-refractivity contribution >= 4 is 11.3 Å². The Kier molecular flexibility index (Phi) is 4.41. The Bertz CT molecular complexity index is 402. The average molecular weight is 267 g/mol. The lowest BCUT2D eigenvalue weighted by molar-refractivity contribution is 0.115. The molecular formula is C14H25N3S. The molecule has 1 aliphatic rings. The molecule has 0 amide bonds. The first kappa shape index (κ1) is 14.0. The van der Waals surface area contributed by atoms with Gasteiger partial charge in [0.1, 0.15) is 0 Å². The first-order valence-electron chi connectivity index (χ1n) is 6.96. The van der Waals surface area contributed by atoms with E-state index in [0.29, 0.717) is 18.0 Å². The van der Waals surface area contributed by atoms with Crippen molar-refractivity contribution in [1.82, 2.24) is 9.88 Å². The summed E-state index contributed by atoms with van der Waals surface area (Å²) in [6.45, 7) is 11.0. The number of likely N-dealkylation sites (tertiary alicyclic amines) is 1. The van der Waals surface area contributed by atoms with E-state index in [-0.39, 0.29) is 0 Å². The van der Waals surface area contributed by atoms with Crippen molar-refractivity contribution in [2.24, 2.45) is 11.7 Å². The van der Waals surface area contributed by atoms with Gasteiger partial charge in [0.25, 0.3) is 0 Å². The van der Waals surface area contributed by atoms with Crippen LogP contribution in [-0.2, 0) is 0 Å². The minimum absolute atomic E-state index is 0.391. The van der Waals surface area contributed by atoms with Gasteiger partial charge in [-0.25, -0.2) is 4.98 Å². The van der Waals surface area contributed by atoms with Crippen molar-refractivity contribution < 1.29 is 0 Å². The Labute approximate surface area is 114 Å². The van der Waals surface area contributed by atoms with E-state index in [1.54, 1.807) is 0 Å². The first-order chi connectivity index (χ1) is 8.52. The van der Waals surface area contributed by atoms with Crippen molar-refractivity contribution in [2.45, 2.75) is 52.6 Å². The number of aryl methyl sites for hydroxylation is 2. The lowest BCUT2D eigenvalue weighted by Gasteiger charge is -2.39. The van der Waals surface area contributed by atoms with E-state index in [2.05, 4.69) is 37.6 Å². The van der Waals surface area contributed by atoms with Gasteiger partial charge in [0.2, 0.25) is 0 Å². The summed E-state index contributed by atoms with van der Waals surface area (Å²) in [6, 6.07) is 0.875. The van der Waals surface area contributed by atoms with Gasteiger partial charge in [-0.15, -0.1) is 11.3 Å². The maximum absolute atomic E-state index is 6.19. The number of aromatic nitrogens is 1. The predicted octanol–water partition coefficient (Wildman–Crippen LogP) is 2.88. The van der Waals surface area contributed by atoms with Crippen LogP contribution in [0.2, 0.25) is 0 Å². The van der Waals surface area contributed by atoms with Gasteiger partial charge in [0.05, 0.1) is 10.7 Å². The number of hydrogen-bond acceptors (Lipinski definition) is 4. The molecule has 4 heteroatoms. The lowest BCUT2D eigenvalue weighted by atomic mass is 9.90. The number of thiazole rings is 1. The Balaban J connectivity index is 2.10. The second-order valence-electron chi connectivity index (χ2n) is 5.47. The van der Waals surface area contributed by atoms with Gasteiger partial charge in [-0.1, -0.05) is 13.3 Å². The quantitative estimate of drug-likeness (QED) is 0.915. The molecule has 0 spiro atoms. The summed E-state index contributed by atoms with van der Waals surface area (Å²) < 4.78 is 0. The maximum atomic E-state index is 6.19. The molecule has 0 aromatic carbocycles. The summed E-state index contributed by atoms with van der Waals surface area (Å²) in [5.74, 6) is 0.649. The third-order valence-corrected chi connectivity index (χ3v) is 5.46. The Morgan fingerprint density at radius 3 is 2.78 bits per heavy atom. The predicted molar refractivity (Wildman–Crippen MR) is 77.9 cm³/mol. The smallest absolute Gasteiger partial charge is 0.0900 e. The summed E-state index contributed by atoms with van der Waals surface area (Å²) in [5, 5.41) is 1.18. The number of hydrogen-bond donors (Lipinski definition) is 1. The maximum Gasteiger partial charge on any atom is 0.0900 e. The van der Waals surface area contributed by atoms with E-state index in [1.807, 2.05) is 11.3 Å². The van der Waals surface area contributed by atoms with Crippen molar-refractivity contribution in [3.8, 4) is 0 Å². The Morgan fingerprint density at radius 1 is 1.50 bits per heavy atom. The molecule has 1 aromatic rings. The Hall–Kier alpha value is -0.450. The molecule has 0 saturated carbocycles. The zero-order valence-electron chi connectivity index (χ0n) is 11.9. The fraction of sp³-hybridized carbons (Fsp3) is 0.786. The molecule has 1 aliphatic heterocycles. The molecular weight excluding hydrogens is 242 g/mol. The fourth-order valence-electron chi connectivity index (χ4n) is 2.96. The van der Waals surface area contributed by atoms with E-state index >= 15 is 0 Å². The number of nitrogens with two attached hydrogens (primary N) is 1. The van der Waals surface area contributed by atoms with Crippen LogP contribution in [0.15, 0.2) is 0 Å². The topological polar surface area (TPSA) is 42.2 Å². The summed E-state index contributed by atoms with van der Waals surface area (Å²) in [4.78, 5) is 8.56. The number of nitrogens with zero attached hydrogens (tertiary/aromatic N) is 2. The van der Waals surface area contributed by atoms with E-state index < -0.39 is 0 Å². The minimum Gasteiger partial charge on any atom is -0.327 e. The molecule has 1 fully saturated rings. The molecule has 0 aliphatic carbocycles. The van der Waals surface area contributed by atoms with Crippen LogP contribution < -0.4 is 5.73 Å². The van der Waals surface area contributed by atoms with Crippen molar-refractivity contribution in [3.05, 3.63) is 15.6 Å². The first-order valence-corrected chi connectivity index (χ1v) is 7.78. The molecule has 2 heterocycles. The molecule has 1 aromatic heterocycles. The molecule has 1 saturated heterocycles. The van der Waals surface area contributed by atoms with Crippen molar-refractivity contribution in [3.63, 3.8) is 0 Å². The highest BCUT2D eigenvalue weighted by Crippen LogP contribution is 2.32. The second-order valence-corrected chi connectivity index (χ2v) is 6.71. The zero-order valence-corrected chi connectivity index (χ0v) is 12.8. The van der Waals surface area contributed by atoms with Gasteiger partial charge < -0.3 is 5.73 Å². The summed E-state index contributed by atoms with van der Waals surface area (Å²) >= 11 is 1.84. The normalized spacial score (nSPS) is 27.4. The standard InChI is InChI=1S/C14H25N3S/c1-5-12-8-17(7-6-13(12)15)10(3)14-9(2)16-11(4)18-14/h10,12-13H,5-8,15H2,1-4H3. The van der Waals surface area contributed by atoms with E-state index in [9.17, 15) is 0 Å². The summed E-state index contributed by atoms with van der Waals surface area (Å²) in [7, 11) is 0. The van der Waals surface area contributed by atoms with Gasteiger partial charge >= 0.3 is 0 Å². The van der Waals surface area contributed by atoms with Crippen LogP contribution in [0.3, 0.4) is 0 Å². The van der Waals surface area contributed by atoms with Gasteiger partial charge in [-0.3, -0.25) is 4.90 Å². The molecule has 2 rings (SSSR count). The van der Waals surface area contributed by atoms with Crippen LogP contribution in [0.25, 0.3) is 0 Å². The van der Waals surface area contributed by atoms with Gasteiger partial charge in [0, 0.05) is 30.1 Å². The van der Waals surface area contributed by atoms with Crippen molar-refractivity contribution in [1.29, 1.82) is 0 Å². The SMILES string of the molecule is CCC1CN(C(C)c2sc(C)nc2C)CCC1N. The largest absolute Gasteiger partial charge is 0.327 e. The summed E-state index contributed by atoms with van der Waals surface area (Å²) in [6.07, 6.45) is 2.31. The summed E-state index contributed by atoms with van der Waals surface area (Å²) in [5.41, 5.74) is 7.39. The minimum atomic E-state index is 0.391. The third kappa shape index (κ3) is 2.76. The zero-order chi connectivity index (χ0) is 13.3. The fourth-order valence-corrected chi connectivity index (χ4v) is 3.98. The molecule has 3 nitrogen and oxygen atoms in total. The lowest BCUT2D eigenvalue weighted by Crippen LogP contribution is -2.47. The van der Waals surface area contributed by atoms with Crippen molar-refractivity contribution in [2.75, 3.05) is 13.1 Å². The molecule has 3 atom stereocenters. The van der Waals surface area contributed by atoms with Crippen LogP contribution in [0, 0.1) is 19.8 Å². The molecule has 2 N–H and O–H groups in total. The van der Waals surface area contributed by atoms with E-state index in [4.69, 9.17) is 5.73 Å². The highest BCUT2D eigenvalue weighted by Gasteiger charge is 2.29. The molecule has 0 bridgehead atoms. The van der Waals surface area contributed by atoms with E-state index in [0.717, 1.165) is 19.5 Å². The van der Waals surface area contributed by atoms with Gasteiger partial charge in [-0.2, -0.15) is 0 Å². The Morgan fingerprint density at radius 2 is 2.22 bits per heavy atom. The van der Waals surface area contributed by atoms with Crippen LogP contribution in [0.4, 0.5) is 0 Å². The van der Waals surface area contributed by atoms with Crippen LogP contribution in [-0.4, -0.2) is 29.0 Å². The number of rotatable bonds is 3. The number of piperidine rings is 1. The average Bonchev–Trinajstić information content (AvgIpc) is 2.68. The highest BCUT2D eigenvalue weighted by molar-refractivity contribution is 7.11. The second kappa shape index (κ2) is 5.68.